The fraction of sp³-hybridized carbons (Fsp3) is 0.0714. The molecular weight excluding hydrogens is 356 g/mol. The second-order valence-corrected chi connectivity index (χ2v) is 4.96. The molecule has 21 heavy (non-hydrogen) atoms. The van der Waals surface area contributed by atoms with Crippen molar-refractivity contribution in [3.8, 4) is 11.5 Å². The van der Waals surface area contributed by atoms with Crippen LogP contribution in [0.15, 0.2) is 40.9 Å². The molecule has 0 fully saturated rings. The molecule has 0 aliphatic heterocycles. The second-order valence-electron chi connectivity index (χ2n) is 4.04. The van der Waals surface area contributed by atoms with Gasteiger partial charge < -0.3 is 4.74 Å². The molecule has 2 aromatic carbocycles. The summed E-state index contributed by atoms with van der Waals surface area (Å²) in [5.41, 5.74) is -1.64. The molecule has 0 spiro atoms. The Morgan fingerprint density at radius 3 is 2.38 bits per heavy atom. The van der Waals surface area contributed by atoms with E-state index in [4.69, 9.17) is 4.74 Å². The Bertz CT molecular complexity index is 683. The number of ether oxygens (including phenoxy) is 1. The van der Waals surface area contributed by atoms with Gasteiger partial charge in [0.25, 0.3) is 0 Å². The van der Waals surface area contributed by atoms with E-state index in [2.05, 4.69) is 15.9 Å². The predicted molar refractivity (Wildman–Crippen MR) is 71.0 cm³/mol. The van der Waals surface area contributed by atoms with E-state index in [1.165, 1.54) is 18.2 Å². The summed E-state index contributed by atoms with van der Waals surface area (Å²) in [5, 5.41) is 0. The minimum absolute atomic E-state index is 0.104. The SMILES string of the molecule is O=Cc1ccc(Oc2ccc(Br)cc2F)cc1C(F)(F)F. The number of aldehydes is 1. The summed E-state index contributed by atoms with van der Waals surface area (Å²) in [7, 11) is 0. The van der Waals surface area contributed by atoms with Crippen molar-refractivity contribution < 1.29 is 27.1 Å². The molecule has 0 aromatic heterocycles. The first-order valence-electron chi connectivity index (χ1n) is 5.60. The summed E-state index contributed by atoms with van der Waals surface area (Å²) < 4.78 is 57.5. The van der Waals surface area contributed by atoms with Crippen molar-refractivity contribution in [2.75, 3.05) is 0 Å². The van der Waals surface area contributed by atoms with E-state index < -0.39 is 23.1 Å². The smallest absolute Gasteiger partial charge is 0.417 e. The van der Waals surface area contributed by atoms with Crippen molar-refractivity contribution in [3.05, 3.63) is 57.8 Å². The number of alkyl halides is 3. The van der Waals surface area contributed by atoms with Crippen LogP contribution in [0.4, 0.5) is 17.6 Å². The van der Waals surface area contributed by atoms with Crippen molar-refractivity contribution in [3.63, 3.8) is 0 Å². The van der Waals surface area contributed by atoms with Crippen molar-refractivity contribution in [2.24, 2.45) is 0 Å². The lowest BCUT2D eigenvalue weighted by molar-refractivity contribution is -0.137. The van der Waals surface area contributed by atoms with Crippen molar-refractivity contribution in [2.45, 2.75) is 6.18 Å². The van der Waals surface area contributed by atoms with Crippen molar-refractivity contribution >= 4 is 22.2 Å². The quantitative estimate of drug-likeness (QED) is 0.553. The second kappa shape index (κ2) is 5.85. The Morgan fingerprint density at radius 2 is 1.81 bits per heavy atom. The zero-order chi connectivity index (χ0) is 15.6. The first kappa shape index (κ1) is 15.5. The summed E-state index contributed by atoms with van der Waals surface area (Å²) in [4.78, 5) is 10.6. The summed E-state index contributed by atoms with van der Waals surface area (Å²) in [6.45, 7) is 0. The monoisotopic (exact) mass is 362 g/mol. The maximum absolute atomic E-state index is 13.6. The van der Waals surface area contributed by atoms with E-state index in [-0.39, 0.29) is 17.8 Å². The van der Waals surface area contributed by atoms with E-state index in [0.717, 1.165) is 12.1 Å². The third-order valence-corrected chi connectivity index (χ3v) is 3.07. The Balaban J connectivity index is 2.39. The number of benzene rings is 2. The molecular formula is C14H7BrF4O2. The Labute approximate surface area is 125 Å². The molecule has 0 atom stereocenters. The van der Waals surface area contributed by atoms with Gasteiger partial charge >= 0.3 is 6.18 Å². The molecule has 0 saturated heterocycles. The van der Waals surface area contributed by atoms with Gasteiger partial charge in [-0.15, -0.1) is 0 Å². The topological polar surface area (TPSA) is 26.3 Å². The maximum Gasteiger partial charge on any atom is 0.417 e. The summed E-state index contributed by atoms with van der Waals surface area (Å²) in [5.74, 6) is -1.16. The molecule has 2 rings (SSSR count). The van der Waals surface area contributed by atoms with Gasteiger partial charge in [-0.25, -0.2) is 4.39 Å². The number of halogens is 5. The Kier molecular flexibility index (Phi) is 4.32. The summed E-state index contributed by atoms with van der Waals surface area (Å²) in [6.07, 6.45) is -4.60. The van der Waals surface area contributed by atoms with Gasteiger partial charge in [-0.1, -0.05) is 15.9 Å². The molecule has 0 radical (unpaired) electrons. The van der Waals surface area contributed by atoms with Crippen LogP contribution in [0.5, 0.6) is 11.5 Å². The number of rotatable bonds is 3. The zero-order valence-electron chi connectivity index (χ0n) is 10.2. The van der Waals surface area contributed by atoms with Crippen LogP contribution in [0.3, 0.4) is 0 Å². The average molecular weight is 363 g/mol. The van der Waals surface area contributed by atoms with Crippen LogP contribution < -0.4 is 4.74 Å². The first-order chi connectivity index (χ1) is 9.81. The van der Waals surface area contributed by atoms with Crippen LogP contribution in [0.25, 0.3) is 0 Å². The van der Waals surface area contributed by atoms with Crippen LogP contribution >= 0.6 is 15.9 Å². The highest BCUT2D eigenvalue weighted by Crippen LogP contribution is 2.35. The van der Waals surface area contributed by atoms with E-state index >= 15 is 0 Å². The van der Waals surface area contributed by atoms with Gasteiger partial charge in [-0.3, -0.25) is 4.79 Å². The van der Waals surface area contributed by atoms with Crippen molar-refractivity contribution in [1.82, 2.24) is 0 Å². The highest BCUT2D eigenvalue weighted by atomic mass is 79.9. The molecule has 7 heteroatoms. The summed E-state index contributed by atoms with van der Waals surface area (Å²) >= 11 is 3.06. The fourth-order valence-corrected chi connectivity index (χ4v) is 1.97. The third kappa shape index (κ3) is 3.60. The number of hydrogen-bond acceptors (Lipinski definition) is 2. The predicted octanol–water partition coefficient (Wildman–Crippen LogP) is 5.21. The highest BCUT2D eigenvalue weighted by Gasteiger charge is 2.33. The molecule has 110 valence electrons. The molecule has 0 N–H and O–H groups in total. The Hall–Kier alpha value is -1.89. The van der Waals surface area contributed by atoms with Gasteiger partial charge in [0.1, 0.15) is 5.75 Å². The number of hydrogen-bond donors (Lipinski definition) is 0. The molecule has 0 aliphatic rings. The molecule has 0 amide bonds. The van der Waals surface area contributed by atoms with E-state index in [9.17, 15) is 22.4 Å². The molecule has 0 saturated carbocycles. The molecule has 0 heterocycles. The normalized spacial score (nSPS) is 11.3. The Morgan fingerprint density at radius 1 is 1.10 bits per heavy atom. The van der Waals surface area contributed by atoms with Crippen LogP contribution in [0.2, 0.25) is 0 Å². The molecule has 2 aromatic rings. The van der Waals surface area contributed by atoms with E-state index in [1.807, 2.05) is 0 Å². The molecule has 0 bridgehead atoms. The zero-order valence-corrected chi connectivity index (χ0v) is 11.8. The van der Waals surface area contributed by atoms with Crippen LogP contribution in [-0.2, 0) is 6.18 Å². The number of carbonyl (C=O) groups excluding carboxylic acids is 1. The van der Waals surface area contributed by atoms with Gasteiger partial charge in [0, 0.05) is 10.0 Å². The molecule has 0 aliphatic carbocycles. The van der Waals surface area contributed by atoms with Crippen molar-refractivity contribution in [1.29, 1.82) is 0 Å². The van der Waals surface area contributed by atoms with Gasteiger partial charge in [0.15, 0.2) is 17.9 Å². The molecule has 2 nitrogen and oxygen atoms in total. The van der Waals surface area contributed by atoms with Gasteiger partial charge in [0.2, 0.25) is 0 Å². The van der Waals surface area contributed by atoms with Gasteiger partial charge in [0.05, 0.1) is 5.56 Å². The van der Waals surface area contributed by atoms with Gasteiger partial charge in [-0.2, -0.15) is 13.2 Å². The third-order valence-electron chi connectivity index (χ3n) is 2.58. The lowest BCUT2D eigenvalue weighted by atomic mass is 10.1. The average Bonchev–Trinajstić information content (AvgIpc) is 2.41. The fourth-order valence-electron chi connectivity index (χ4n) is 1.63. The minimum Gasteiger partial charge on any atom is -0.454 e. The van der Waals surface area contributed by atoms with Crippen LogP contribution in [0.1, 0.15) is 15.9 Å². The minimum atomic E-state index is -4.70. The lowest BCUT2D eigenvalue weighted by Gasteiger charge is -2.12. The van der Waals surface area contributed by atoms with Crippen LogP contribution in [0, 0.1) is 5.82 Å². The molecule has 0 unspecified atom stereocenters. The van der Waals surface area contributed by atoms with E-state index in [0.29, 0.717) is 10.5 Å². The first-order valence-corrected chi connectivity index (χ1v) is 6.40. The largest absolute Gasteiger partial charge is 0.454 e. The maximum atomic E-state index is 13.6. The lowest BCUT2D eigenvalue weighted by Crippen LogP contribution is -2.09. The summed E-state index contributed by atoms with van der Waals surface area (Å²) in [6, 6.07) is 6.69. The van der Waals surface area contributed by atoms with E-state index in [1.54, 1.807) is 0 Å². The standard InChI is InChI=1S/C14H7BrF4O2/c15-9-2-4-13(12(16)5-9)21-10-3-1-8(7-20)11(6-10)14(17,18)19/h1-7H. The number of carbonyl (C=O) groups is 1. The van der Waals surface area contributed by atoms with Crippen LogP contribution in [-0.4, -0.2) is 6.29 Å². The highest BCUT2D eigenvalue weighted by molar-refractivity contribution is 9.10. The van der Waals surface area contributed by atoms with Gasteiger partial charge in [-0.05, 0) is 36.4 Å².